The molecule has 0 saturated carbocycles. The molecule has 1 aromatic carbocycles. The van der Waals surface area contributed by atoms with Gasteiger partial charge in [0.15, 0.2) is 0 Å². The van der Waals surface area contributed by atoms with Crippen molar-refractivity contribution in [3.63, 3.8) is 0 Å². The quantitative estimate of drug-likeness (QED) is 0.777. The van der Waals surface area contributed by atoms with Crippen molar-refractivity contribution in [1.82, 2.24) is 25.1 Å². The van der Waals surface area contributed by atoms with Crippen molar-refractivity contribution in [1.29, 1.82) is 0 Å². The standard InChI is InChI=1S/C17H16FN5OS/c18-12-3-1-11(2-4-12)7-16-19-8-14(25-16)17(24)22-13-5-6-15-20-10-21-23(15)9-13/h1-4,8,10,13H,5-7,9H2,(H,22,24). The first kappa shape index (κ1) is 15.9. The molecule has 3 heterocycles. The maximum Gasteiger partial charge on any atom is 0.263 e. The van der Waals surface area contributed by atoms with Crippen molar-refractivity contribution in [2.45, 2.75) is 31.8 Å². The van der Waals surface area contributed by atoms with Crippen LogP contribution >= 0.6 is 11.3 Å². The van der Waals surface area contributed by atoms with Gasteiger partial charge < -0.3 is 5.32 Å². The van der Waals surface area contributed by atoms with Crippen LogP contribution in [0.3, 0.4) is 0 Å². The molecule has 1 atom stereocenters. The molecule has 25 heavy (non-hydrogen) atoms. The van der Waals surface area contributed by atoms with Gasteiger partial charge in [-0.1, -0.05) is 12.1 Å². The molecular weight excluding hydrogens is 341 g/mol. The minimum Gasteiger partial charge on any atom is -0.347 e. The number of rotatable bonds is 4. The normalized spacial score (nSPS) is 16.4. The van der Waals surface area contributed by atoms with E-state index in [2.05, 4.69) is 20.4 Å². The van der Waals surface area contributed by atoms with Crippen LogP contribution in [-0.2, 0) is 19.4 Å². The smallest absolute Gasteiger partial charge is 0.263 e. The largest absolute Gasteiger partial charge is 0.347 e. The van der Waals surface area contributed by atoms with E-state index >= 15 is 0 Å². The topological polar surface area (TPSA) is 72.7 Å². The van der Waals surface area contributed by atoms with Gasteiger partial charge in [-0.05, 0) is 24.1 Å². The summed E-state index contributed by atoms with van der Waals surface area (Å²) in [6.07, 6.45) is 5.39. The number of nitrogens with one attached hydrogen (secondary N) is 1. The lowest BCUT2D eigenvalue weighted by molar-refractivity contribution is 0.0930. The SMILES string of the molecule is O=C(NC1CCc2ncnn2C1)c1cnc(Cc2ccc(F)cc2)s1. The van der Waals surface area contributed by atoms with Crippen molar-refractivity contribution in [3.8, 4) is 0 Å². The fourth-order valence-electron chi connectivity index (χ4n) is 2.89. The Labute approximate surface area is 147 Å². The summed E-state index contributed by atoms with van der Waals surface area (Å²) in [5.41, 5.74) is 0.966. The highest BCUT2D eigenvalue weighted by molar-refractivity contribution is 7.13. The Balaban J connectivity index is 1.38. The van der Waals surface area contributed by atoms with Crippen molar-refractivity contribution < 1.29 is 9.18 Å². The summed E-state index contributed by atoms with van der Waals surface area (Å²) in [5, 5.41) is 8.04. The highest BCUT2D eigenvalue weighted by Crippen LogP contribution is 2.18. The predicted molar refractivity (Wildman–Crippen MR) is 90.9 cm³/mol. The second-order valence-corrected chi connectivity index (χ2v) is 7.10. The summed E-state index contributed by atoms with van der Waals surface area (Å²) >= 11 is 1.36. The van der Waals surface area contributed by atoms with E-state index in [1.807, 2.05) is 4.68 Å². The molecule has 3 aromatic rings. The molecule has 1 aliphatic rings. The van der Waals surface area contributed by atoms with Crippen LogP contribution in [0.25, 0.3) is 0 Å². The zero-order valence-electron chi connectivity index (χ0n) is 13.4. The Morgan fingerprint density at radius 1 is 1.32 bits per heavy atom. The number of amides is 1. The molecular formula is C17H16FN5OS. The molecule has 8 heteroatoms. The molecule has 0 saturated heterocycles. The van der Waals surface area contributed by atoms with Crippen LogP contribution in [-0.4, -0.2) is 31.7 Å². The number of aryl methyl sites for hydroxylation is 1. The number of fused-ring (bicyclic) bond motifs is 1. The first-order valence-corrected chi connectivity index (χ1v) is 8.86. The number of carbonyl (C=O) groups is 1. The van der Waals surface area contributed by atoms with Gasteiger partial charge in [0.05, 0.1) is 17.7 Å². The van der Waals surface area contributed by atoms with E-state index in [1.165, 1.54) is 23.5 Å². The second-order valence-electron chi connectivity index (χ2n) is 5.99. The number of aromatic nitrogens is 4. The number of hydrogen-bond acceptors (Lipinski definition) is 5. The number of halogens is 1. The minimum absolute atomic E-state index is 0.0457. The molecule has 1 amide bonds. The third kappa shape index (κ3) is 3.58. The molecule has 1 unspecified atom stereocenters. The van der Waals surface area contributed by atoms with Gasteiger partial charge >= 0.3 is 0 Å². The van der Waals surface area contributed by atoms with Crippen molar-refractivity contribution in [3.05, 3.63) is 63.9 Å². The van der Waals surface area contributed by atoms with Crippen LogP contribution in [0.5, 0.6) is 0 Å². The fraction of sp³-hybridized carbons (Fsp3) is 0.294. The average molecular weight is 357 g/mol. The van der Waals surface area contributed by atoms with Crippen molar-refractivity contribution in [2.75, 3.05) is 0 Å². The Morgan fingerprint density at radius 3 is 3.00 bits per heavy atom. The molecule has 128 valence electrons. The van der Waals surface area contributed by atoms with Crippen molar-refractivity contribution in [2.24, 2.45) is 0 Å². The van der Waals surface area contributed by atoms with E-state index in [0.717, 1.165) is 29.2 Å². The molecule has 1 aliphatic heterocycles. The molecule has 0 bridgehead atoms. The highest BCUT2D eigenvalue weighted by atomic mass is 32.1. The summed E-state index contributed by atoms with van der Waals surface area (Å²) in [4.78, 5) is 21.5. The third-order valence-corrected chi connectivity index (χ3v) is 5.18. The van der Waals surface area contributed by atoms with Gasteiger partial charge in [0.1, 0.15) is 22.8 Å². The van der Waals surface area contributed by atoms with Gasteiger partial charge in [-0.3, -0.25) is 4.79 Å². The summed E-state index contributed by atoms with van der Waals surface area (Å²) in [5.74, 6) is 0.590. The molecule has 0 fully saturated rings. The van der Waals surface area contributed by atoms with Crippen LogP contribution in [0, 0.1) is 5.82 Å². The van der Waals surface area contributed by atoms with Crippen LogP contribution in [0.1, 0.15) is 32.5 Å². The van der Waals surface area contributed by atoms with Crippen LogP contribution in [0.15, 0.2) is 36.8 Å². The summed E-state index contributed by atoms with van der Waals surface area (Å²) in [6.45, 7) is 0.641. The Morgan fingerprint density at radius 2 is 2.16 bits per heavy atom. The fourth-order valence-corrected chi connectivity index (χ4v) is 3.74. The van der Waals surface area contributed by atoms with E-state index in [1.54, 1.807) is 24.7 Å². The molecule has 0 radical (unpaired) electrons. The molecule has 1 N–H and O–H groups in total. The minimum atomic E-state index is -0.258. The predicted octanol–water partition coefficient (Wildman–Crippen LogP) is 2.21. The van der Waals surface area contributed by atoms with Gasteiger partial charge in [-0.25, -0.2) is 19.0 Å². The summed E-state index contributed by atoms with van der Waals surface area (Å²) in [6, 6.07) is 6.36. The highest BCUT2D eigenvalue weighted by Gasteiger charge is 2.22. The zero-order chi connectivity index (χ0) is 17.2. The first-order valence-electron chi connectivity index (χ1n) is 8.04. The zero-order valence-corrected chi connectivity index (χ0v) is 14.2. The lowest BCUT2D eigenvalue weighted by Gasteiger charge is -2.23. The monoisotopic (exact) mass is 357 g/mol. The van der Waals surface area contributed by atoms with Crippen LogP contribution < -0.4 is 5.32 Å². The van der Waals surface area contributed by atoms with Gasteiger partial charge in [-0.15, -0.1) is 11.3 Å². The number of nitrogens with zero attached hydrogens (tertiary/aromatic N) is 4. The van der Waals surface area contributed by atoms with Gasteiger partial charge in [0.2, 0.25) is 0 Å². The number of hydrogen-bond donors (Lipinski definition) is 1. The third-order valence-electron chi connectivity index (χ3n) is 4.19. The van der Waals surface area contributed by atoms with E-state index in [9.17, 15) is 9.18 Å². The number of carbonyl (C=O) groups excluding carboxylic acids is 1. The molecule has 0 aliphatic carbocycles. The molecule has 0 spiro atoms. The molecule has 4 rings (SSSR count). The molecule has 2 aromatic heterocycles. The summed E-state index contributed by atoms with van der Waals surface area (Å²) < 4.78 is 14.8. The Hall–Kier alpha value is -2.61. The van der Waals surface area contributed by atoms with Gasteiger partial charge in [0, 0.05) is 18.9 Å². The van der Waals surface area contributed by atoms with Gasteiger partial charge in [-0.2, -0.15) is 5.10 Å². The second kappa shape index (κ2) is 6.72. The average Bonchev–Trinajstić information content (AvgIpc) is 3.26. The first-order chi connectivity index (χ1) is 12.2. The van der Waals surface area contributed by atoms with Crippen molar-refractivity contribution >= 4 is 17.2 Å². The van der Waals surface area contributed by atoms with E-state index in [0.29, 0.717) is 17.8 Å². The number of benzene rings is 1. The molecule has 6 nitrogen and oxygen atoms in total. The van der Waals surface area contributed by atoms with Crippen LogP contribution in [0.4, 0.5) is 4.39 Å². The van der Waals surface area contributed by atoms with Crippen LogP contribution in [0.2, 0.25) is 0 Å². The van der Waals surface area contributed by atoms with E-state index in [-0.39, 0.29) is 17.8 Å². The maximum absolute atomic E-state index is 13.0. The lowest BCUT2D eigenvalue weighted by Crippen LogP contribution is -2.41. The Bertz CT molecular complexity index is 889. The lowest BCUT2D eigenvalue weighted by atomic mass is 10.1. The number of thiazole rings is 1. The van der Waals surface area contributed by atoms with E-state index in [4.69, 9.17) is 0 Å². The Kier molecular flexibility index (Phi) is 4.27. The van der Waals surface area contributed by atoms with Gasteiger partial charge in [0.25, 0.3) is 5.91 Å². The maximum atomic E-state index is 13.0. The van der Waals surface area contributed by atoms with E-state index < -0.39 is 0 Å². The summed E-state index contributed by atoms with van der Waals surface area (Å²) in [7, 11) is 0.